The standard InChI is InChI=1S/C16H14N2O/c1-11(2)18-15-10-13(19)8-9-14(15)16(17-18)12-6-4-3-5-7-12/h3-10,19H,1H2,2H3. The number of benzene rings is 2. The van der Waals surface area contributed by atoms with E-state index in [0.717, 1.165) is 27.9 Å². The van der Waals surface area contributed by atoms with Crippen LogP contribution in [0.4, 0.5) is 0 Å². The molecule has 3 nitrogen and oxygen atoms in total. The first-order valence-corrected chi connectivity index (χ1v) is 6.10. The van der Waals surface area contributed by atoms with Crippen LogP contribution in [0.15, 0.2) is 55.1 Å². The number of allylic oxidation sites excluding steroid dienone is 1. The molecular formula is C16H14N2O. The molecule has 0 aliphatic rings. The van der Waals surface area contributed by atoms with E-state index in [0.29, 0.717) is 0 Å². The quantitative estimate of drug-likeness (QED) is 0.749. The number of hydrogen-bond donors (Lipinski definition) is 1. The second-order valence-electron chi connectivity index (χ2n) is 4.56. The molecule has 3 heteroatoms. The molecule has 0 spiro atoms. The summed E-state index contributed by atoms with van der Waals surface area (Å²) >= 11 is 0. The monoisotopic (exact) mass is 250 g/mol. The zero-order valence-electron chi connectivity index (χ0n) is 10.7. The van der Waals surface area contributed by atoms with E-state index in [4.69, 9.17) is 0 Å². The number of phenolic OH excluding ortho intramolecular Hbond substituents is 1. The van der Waals surface area contributed by atoms with E-state index in [1.165, 1.54) is 0 Å². The molecule has 1 heterocycles. The minimum Gasteiger partial charge on any atom is -0.508 e. The number of aromatic nitrogens is 2. The first kappa shape index (κ1) is 11.5. The van der Waals surface area contributed by atoms with Crippen molar-refractivity contribution in [3.05, 3.63) is 55.1 Å². The zero-order valence-corrected chi connectivity index (χ0v) is 10.7. The minimum absolute atomic E-state index is 0.231. The van der Waals surface area contributed by atoms with Gasteiger partial charge in [-0.2, -0.15) is 5.10 Å². The third-order valence-corrected chi connectivity index (χ3v) is 3.07. The van der Waals surface area contributed by atoms with Gasteiger partial charge in [0.2, 0.25) is 0 Å². The van der Waals surface area contributed by atoms with E-state index in [-0.39, 0.29) is 5.75 Å². The number of aromatic hydroxyl groups is 1. The fraction of sp³-hybridized carbons (Fsp3) is 0.0625. The minimum atomic E-state index is 0.231. The van der Waals surface area contributed by atoms with Gasteiger partial charge in [-0.05, 0) is 19.1 Å². The van der Waals surface area contributed by atoms with Crippen LogP contribution in [-0.2, 0) is 0 Å². The molecule has 0 saturated heterocycles. The molecule has 3 rings (SSSR count). The van der Waals surface area contributed by atoms with Crippen LogP contribution in [0, 0.1) is 0 Å². The Balaban J connectivity index is 2.35. The Kier molecular flexibility index (Phi) is 2.60. The highest BCUT2D eigenvalue weighted by atomic mass is 16.3. The van der Waals surface area contributed by atoms with E-state index in [1.807, 2.05) is 43.3 Å². The molecule has 1 aromatic heterocycles. The van der Waals surface area contributed by atoms with Crippen molar-refractivity contribution >= 4 is 16.6 Å². The molecule has 0 radical (unpaired) electrons. The van der Waals surface area contributed by atoms with Gasteiger partial charge >= 0.3 is 0 Å². The van der Waals surface area contributed by atoms with Gasteiger partial charge in [0.05, 0.1) is 5.52 Å². The van der Waals surface area contributed by atoms with Gasteiger partial charge < -0.3 is 5.11 Å². The lowest BCUT2D eigenvalue weighted by Crippen LogP contribution is -1.94. The molecule has 0 amide bonds. The van der Waals surface area contributed by atoms with Crippen molar-refractivity contribution in [2.45, 2.75) is 6.92 Å². The molecule has 0 fully saturated rings. The van der Waals surface area contributed by atoms with Crippen molar-refractivity contribution < 1.29 is 5.11 Å². The summed E-state index contributed by atoms with van der Waals surface area (Å²) in [7, 11) is 0. The number of hydrogen-bond acceptors (Lipinski definition) is 2. The summed E-state index contributed by atoms with van der Waals surface area (Å²) in [6.45, 7) is 5.83. The summed E-state index contributed by atoms with van der Waals surface area (Å²) in [5.74, 6) is 0.231. The van der Waals surface area contributed by atoms with Gasteiger partial charge in [0.25, 0.3) is 0 Å². The Labute approximate surface area is 111 Å². The van der Waals surface area contributed by atoms with Crippen molar-refractivity contribution in [2.24, 2.45) is 0 Å². The molecule has 0 aliphatic heterocycles. The van der Waals surface area contributed by atoms with E-state index < -0.39 is 0 Å². The third-order valence-electron chi connectivity index (χ3n) is 3.07. The molecule has 1 N–H and O–H groups in total. The summed E-state index contributed by atoms with van der Waals surface area (Å²) in [5.41, 5.74) is 3.64. The maximum Gasteiger partial charge on any atom is 0.117 e. The van der Waals surface area contributed by atoms with Crippen molar-refractivity contribution in [1.82, 2.24) is 9.78 Å². The second kappa shape index (κ2) is 4.28. The molecule has 19 heavy (non-hydrogen) atoms. The Bertz CT molecular complexity index is 757. The summed E-state index contributed by atoms with van der Waals surface area (Å²) < 4.78 is 1.76. The van der Waals surface area contributed by atoms with Gasteiger partial charge in [0.15, 0.2) is 0 Å². The Morgan fingerprint density at radius 3 is 2.58 bits per heavy atom. The van der Waals surface area contributed by atoms with Crippen LogP contribution in [0.5, 0.6) is 5.75 Å². The molecule has 0 unspecified atom stereocenters. The molecule has 0 atom stereocenters. The summed E-state index contributed by atoms with van der Waals surface area (Å²) in [6, 6.07) is 15.3. The Morgan fingerprint density at radius 2 is 1.89 bits per heavy atom. The van der Waals surface area contributed by atoms with Crippen molar-refractivity contribution in [1.29, 1.82) is 0 Å². The fourth-order valence-corrected chi connectivity index (χ4v) is 2.20. The number of fused-ring (bicyclic) bond motifs is 1. The van der Waals surface area contributed by atoms with Crippen LogP contribution in [0.3, 0.4) is 0 Å². The Hall–Kier alpha value is -2.55. The van der Waals surface area contributed by atoms with Crippen LogP contribution >= 0.6 is 0 Å². The number of rotatable bonds is 2. The maximum absolute atomic E-state index is 9.65. The van der Waals surface area contributed by atoms with Crippen LogP contribution < -0.4 is 0 Å². The predicted molar refractivity (Wildman–Crippen MR) is 77.8 cm³/mol. The van der Waals surface area contributed by atoms with Crippen molar-refractivity contribution in [3.8, 4) is 17.0 Å². The van der Waals surface area contributed by atoms with Gasteiger partial charge in [-0.3, -0.25) is 0 Å². The number of phenols is 1. The van der Waals surface area contributed by atoms with Crippen LogP contribution in [0.2, 0.25) is 0 Å². The van der Waals surface area contributed by atoms with Gasteiger partial charge in [0, 0.05) is 22.7 Å². The topological polar surface area (TPSA) is 38.0 Å². The highest BCUT2D eigenvalue weighted by Gasteiger charge is 2.12. The lowest BCUT2D eigenvalue weighted by molar-refractivity contribution is 0.476. The average Bonchev–Trinajstić information content (AvgIpc) is 2.78. The molecule has 3 aromatic rings. The van der Waals surface area contributed by atoms with Gasteiger partial charge in [-0.1, -0.05) is 36.9 Å². The summed E-state index contributed by atoms with van der Waals surface area (Å²) in [4.78, 5) is 0. The molecular weight excluding hydrogens is 236 g/mol. The third kappa shape index (κ3) is 1.89. The Morgan fingerprint density at radius 1 is 1.16 bits per heavy atom. The second-order valence-corrected chi connectivity index (χ2v) is 4.56. The van der Waals surface area contributed by atoms with Crippen LogP contribution in [0.25, 0.3) is 27.9 Å². The van der Waals surface area contributed by atoms with E-state index in [9.17, 15) is 5.11 Å². The van der Waals surface area contributed by atoms with Gasteiger partial charge in [-0.25, -0.2) is 4.68 Å². The molecule has 0 saturated carbocycles. The first-order valence-electron chi connectivity index (χ1n) is 6.10. The van der Waals surface area contributed by atoms with Gasteiger partial charge in [-0.15, -0.1) is 0 Å². The van der Waals surface area contributed by atoms with E-state index in [1.54, 1.807) is 16.8 Å². The summed E-state index contributed by atoms with van der Waals surface area (Å²) in [6.07, 6.45) is 0. The highest BCUT2D eigenvalue weighted by molar-refractivity contribution is 5.95. The first-order chi connectivity index (χ1) is 9.16. The smallest absolute Gasteiger partial charge is 0.117 e. The normalized spacial score (nSPS) is 10.8. The average molecular weight is 250 g/mol. The lowest BCUT2D eigenvalue weighted by atomic mass is 10.1. The highest BCUT2D eigenvalue weighted by Crippen LogP contribution is 2.31. The predicted octanol–water partition coefficient (Wildman–Crippen LogP) is 3.90. The SMILES string of the molecule is C=C(C)n1nc(-c2ccccc2)c2ccc(O)cc21. The molecule has 0 aliphatic carbocycles. The zero-order chi connectivity index (χ0) is 13.4. The fourth-order valence-electron chi connectivity index (χ4n) is 2.20. The largest absolute Gasteiger partial charge is 0.508 e. The van der Waals surface area contributed by atoms with Crippen LogP contribution in [-0.4, -0.2) is 14.9 Å². The molecule has 94 valence electrons. The van der Waals surface area contributed by atoms with Gasteiger partial charge in [0.1, 0.15) is 11.4 Å². The molecule has 0 bridgehead atoms. The van der Waals surface area contributed by atoms with Crippen LogP contribution in [0.1, 0.15) is 6.92 Å². The van der Waals surface area contributed by atoms with Crippen molar-refractivity contribution in [3.63, 3.8) is 0 Å². The van der Waals surface area contributed by atoms with E-state index in [2.05, 4.69) is 11.7 Å². The number of nitrogens with zero attached hydrogens (tertiary/aromatic N) is 2. The van der Waals surface area contributed by atoms with E-state index >= 15 is 0 Å². The lowest BCUT2D eigenvalue weighted by Gasteiger charge is -2.00. The summed E-state index contributed by atoms with van der Waals surface area (Å²) in [5, 5.41) is 15.3. The van der Waals surface area contributed by atoms with Crippen molar-refractivity contribution in [2.75, 3.05) is 0 Å². The molecule has 2 aromatic carbocycles. The maximum atomic E-state index is 9.65.